The summed E-state index contributed by atoms with van der Waals surface area (Å²) in [4.78, 5) is 13.8. The quantitative estimate of drug-likeness (QED) is 0.861. The molecule has 1 aromatic rings. The van der Waals surface area contributed by atoms with Gasteiger partial charge in [-0.3, -0.25) is 4.79 Å². The summed E-state index contributed by atoms with van der Waals surface area (Å²) < 4.78 is 0. The van der Waals surface area contributed by atoms with E-state index in [1.165, 1.54) is 29.7 Å². The van der Waals surface area contributed by atoms with Gasteiger partial charge in [-0.2, -0.15) is 0 Å². The van der Waals surface area contributed by atoms with Gasteiger partial charge in [0.25, 0.3) is 0 Å². The monoisotopic (exact) mass is 309 g/mol. The fourth-order valence-electron chi connectivity index (χ4n) is 3.19. The lowest BCUT2D eigenvalue weighted by Crippen LogP contribution is -2.53. The average Bonchev–Trinajstić information content (AvgIpc) is 2.92. The predicted octanol–water partition coefficient (Wildman–Crippen LogP) is 3.76. The first-order valence-electron chi connectivity index (χ1n) is 7.35. The highest BCUT2D eigenvalue weighted by atomic mass is 35.5. The van der Waals surface area contributed by atoms with E-state index in [2.05, 4.69) is 17.4 Å². The lowest BCUT2D eigenvalue weighted by Gasteiger charge is -2.37. The number of benzene rings is 1. The minimum absolute atomic E-state index is 0.00872. The molecule has 1 saturated carbocycles. The molecule has 1 atom stereocenters. The van der Waals surface area contributed by atoms with E-state index in [1.54, 1.807) is 11.8 Å². The largest absolute Gasteiger partial charge is 0.348 e. The first-order valence-corrected chi connectivity index (χ1v) is 8.76. The molecule has 1 heterocycles. The number of halogens is 1. The SMILES string of the molecule is O=C(NC1(CCl)CCCCC1)C1Cc2ccccc2S1. The number of carbonyl (C=O) groups is 1. The Labute approximate surface area is 129 Å². The van der Waals surface area contributed by atoms with Gasteiger partial charge in [0.1, 0.15) is 0 Å². The molecular weight excluding hydrogens is 290 g/mol. The van der Waals surface area contributed by atoms with Crippen molar-refractivity contribution >= 4 is 29.3 Å². The lowest BCUT2D eigenvalue weighted by molar-refractivity contribution is -0.122. The Hall–Kier alpha value is -0.670. The fourth-order valence-corrected chi connectivity index (χ4v) is 4.72. The highest BCUT2D eigenvalue weighted by Crippen LogP contribution is 2.38. The van der Waals surface area contributed by atoms with Gasteiger partial charge in [0, 0.05) is 10.8 Å². The molecule has 0 aromatic heterocycles. The molecule has 3 rings (SSSR count). The predicted molar refractivity (Wildman–Crippen MR) is 84.5 cm³/mol. The van der Waals surface area contributed by atoms with Gasteiger partial charge in [0.05, 0.1) is 10.8 Å². The molecule has 1 aliphatic heterocycles. The van der Waals surface area contributed by atoms with Crippen LogP contribution in [-0.2, 0) is 11.2 Å². The highest BCUT2D eigenvalue weighted by Gasteiger charge is 2.36. The van der Waals surface area contributed by atoms with Crippen molar-refractivity contribution in [2.24, 2.45) is 0 Å². The van der Waals surface area contributed by atoms with Crippen LogP contribution in [0.15, 0.2) is 29.2 Å². The number of nitrogens with one attached hydrogen (secondary N) is 1. The normalized spacial score (nSPS) is 24.1. The number of hydrogen-bond donors (Lipinski definition) is 1. The summed E-state index contributed by atoms with van der Waals surface area (Å²) in [6.45, 7) is 0. The van der Waals surface area contributed by atoms with Crippen molar-refractivity contribution in [3.63, 3.8) is 0 Å². The van der Waals surface area contributed by atoms with Crippen LogP contribution in [-0.4, -0.2) is 22.6 Å². The summed E-state index contributed by atoms with van der Waals surface area (Å²) in [6.07, 6.45) is 6.48. The van der Waals surface area contributed by atoms with Gasteiger partial charge in [0.2, 0.25) is 5.91 Å². The Morgan fingerprint density at radius 2 is 2.05 bits per heavy atom. The first kappa shape index (κ1) is 14.3. The summed E-state index contributed by atoms with van der Waals surface area (Å²) >= 11 is 7.84. The van der Waals surface area contributed by atoms with Crippen molar-refractivity contribution in [3.8, 4) is 0 Å². The van der Waals surface area contributed by atoms with Crippen molar-refractivity contribution in [1.29, 1.82) is 0 Å². The summed E-state index contributed by atoms with van der Waals surface area (Å²) in [5.41, 5.74) is 1.13. The van der Waals surface area contributed by atoms with Gasteiger partial charge < -0.3 is 5.32 Å². The molecule has 0 bridgehead atoms. The molecule has 0 radical (unpaired) electrons. The van der Waals surface area contributed by atoms with Crippen LogP contribution in [0.3, 0.4) is 0 Å². The Balaban J connectivity index is 1.66. The van der Waals surface area contributed by atoms with Crippen molar-refractivity contribution < 1.29 is 4.79 Å². The Bertz CT molecular complexity index is 474. The van der Waals surface area contributed by atoms with Gasteiger partial charge in [-0.15, -0.1) is 23.4 Å². The Kier molecular flexibility index (Phi) is 4.27. The van der Waals surface area contributed by atoms with Gasteiger partial charge in [-0.25, -0.2) is 0 Å². The van der Waals surface area contributed by atoms with Crippen LogP contribution in [0.2, 0.25) is 0 Å². The molecule has 0 spiro atoms. The standard InChI is InChI=1S/C16H20ClNOS/c17-11-16(8-4-1-5-9-16)18-15(19)14-10-12-6-2-3-7-13(12)20-14/h2-3,6-7,14H,1,4-5,8-11H2,(H,18,19). The summed E-state index contributed by atoms with van der Waals surface area (Å²) in [7, 11) is 0. The van der Waals surface area contributed by atoms with E-state index in [9.17, 15) is 4.79 Å². The lowest BCUT2D eigenvalue weighted by atomic mass is 9.83. The average molecular weight is 310 g/mol. The van der Waals surface area contributed by atoms with Gasteiger partial charge in [-0.1, -0.05) is 37.5 Å². The third-order valence-corrected chi connectivity index (χ3v) is 6.22. The van der Waals surface area contributed by atoms with Crippen LogP contribution in [0, 0.1) is 0 Å². The molecule has 1 amide bonds. The maximum atomic E-state index is 12.6. The maximum Gasteiger partial charge on any atom is 0.234 e. The van der Waals surface area contributed by atoms with E-state index in [4.69, 9.17) is 11.6 Å². The van der Waals surface area contributed by atoms with Crippen molar-refractivity contribution in [3.05, 3.63) is 29.8 Å². The van der Waals surface area contributed by atoms with Crippen molar-refractivity contribution in [2.45, 2.75) is 54.2 Å². The topological polar surface area (TPSA) is 29.1 Å². The zero-order chi connectivity index (χ0) is 14.0. The zero-order valence-corrected chi connectivity index (χ0v) is 13.1. The number of fused-ring (bicyclic) bond motifs is 1. The third kappa shape index (κ3) is 2.84. The second-order valence-electron chi connectivity index (χ2n) is 5.88. The van der Waals surface area contributed by atoms with Crippen LogP contribution in [0.25, 0.3) is 0 Å². The van der Waals surface area contributed by atoms with E-state index in [0.29, 0.717) is 5.88 Å². The van der Waals surface area contributed by atoms with Crippen LogP contribution in [0.4, 0.5) is 0 Å². The fraction of sp³-hybridized carbons (Fsp3) is 0.562. The number of carbonyl (C=O) groups excluding carboxylic acids is 1. The number of amides is 1. The molecular formula is C16H20ClNOS. The highest BCUT2D eigenvalue weighted by molar-refractivity contribution is 8.01. The van der Waals surface area contributed by atoms with Crippen LogP contribution in [0.5, 0.6) is 0 Å². The van der Waals surface area contributed by atoms with Crippen LogP contribution < -0.4 is 5.32 Å². The molecule has 2 nitrogen and oxygen atoms in total. The van der Waals surface area contributed by atoms with E-state index in [1.807, 2.05) is 12.1 Å². The van der Waals surface area contributed by atoms with Gasteiger partial charge in [0.15, 0.2) is 0 Å². The summed E-state index contributed by atoms with van der Waals surface area (Å²) in [6, 6.07) is 8.30. The van der Waals surface area contributed by atoms with Crippen molar-refractivity contribution in [2.75, 3.05) is 5.88 Å². The molecule has 2 aliphatic rings. The number of alkyl halides is 1. The van der Waals surface area contributed by atoms with Crippen molar-refractivity contribution in [1.82, 2.24) is 5.32 Å². The first-order chi connectivity index (χ1) is 9.72. The number of rotatable bonds is 3. The molecule has 20 heavy (non-hydrogen) atoms. The molecule has 0 saturated heterocycles. The number of hydrogen-bond acceptors (Lipinski definition) is 2. The maximum absolute atomic E-state index is 12.6. The minimum Gasteiger partial charge on any atom is -0.348 e. The molecule has 1 N–H and O–H groups in total. The molecule has 1 fully saturated rings. The van der Waals surface area contributed by atoms with E-state index in [0.717, 1.165) is 19.3 Å². The molecule has 108 valence electrons. The Morgan fingerprint density at radius 1 is 1.30 bits per heavy atom. The van der Waals surface area contributed by atoms with E-state index < -0.39 is 0 Å². The zero-order valence-electron chi connectivity index (χ0n) is 11.5. The second-order valence-corrected chi connectivity index (χ2v) is 7.39. The van der Waals surface area contributed by atoms with Crippen LogP contribution >= 0.6 is 23.4 Å². The van der Waals surface area contributed by atoms with Crippen LogP contribution in [0.1, 0.15) is 37.7 Å². The van der Waals surface area contributed by atoms with E-state index in [-0.39, 0.29) is 16.7 Å². The smallest absolute Gasteiger partial charge is 0.234 e. The third-order valence-electron chi connectivity index (χ3n) is 4.39. The minimum atomic E-state index is -0.160. The van der Waals surface area contributed by atoms with Gasteiger partial charge >= 0.3 is 0 Å². The molecule has 1 unspecified atom stereocenters. The Morgan fingerprint density at radius 3 is 2.75 bits per heavy atom. The molecule has 1 aliphatic carbocycles. The molecule has 4 heteroatoms. The van der Waals surface area contributed by atoms with Gasteiger partial charge in [-0.05, 0) is 30.9 Å². The summed E-state index contributed by atoms with van der Waals surface area (Å²) in [5, 5.41) is 3.28. The second kappa shape index (κ2) is 5.98. The number of thioether (sulfide) groups is 1. The molecule has 1 aromatic carbocycles. The van der Waals surface area contributed by atoms with E-state index >= 15 is 0 Å². The summed E-state index contributed by atoms with van der Waals surface area (Å²) in [5.74, 6) is 0.692.